The van der Waals surface area contributed by atoms with E-state index in [1.807, 2.05) is 0 Å². The number of nitrogens with zero attached hydrogens (tertiary/aromatic N) is 2. The molecule has 0 spiro atoms. The smallest absolute Gasteiger partial charge is 0.260 e. The van der Waals surface area contributed by atoms with Crippen molar-refractivity contribution in [3.05, 3.63) is 36.7 Å². The highest BCUT2D eigenvalue weighted by atomic mass is 32.2. The number of nitrogens with one attached hydrogen (secondary N) is 2. The molecule has 2 atom stereocenters. The molecule has 1 aromatic heterocycles. The van der Waals surface area contributed by atoms with E-state index in [-0.39, 0.29) is 41.8 Å². The maximum atomic E-state index is 13.2. The molecule has 36 heavy (non-hydrogen) atoms. The van der Waals surface area contributed by atoms with Crippen molar-refractivity contribution in [2.45, 2.75) is 94.2 Å². The molecule has 1 saturated heterocycles. The molecular weight excluding hydrogens is 476 g/mol. The van der Waals surface area contributed by atoms with E-state index in [4.69, 9.17) is 0 Å². The standard InChI is InChI=1S/C27H40N4O4S/c1-20(24(18-21-10-3-2-4-11-21)30-27(33)22-12-5-6-13-22)29-23-14-9-17-31(19-25(23)32)36(34,35)26-15-7-8-16-28-26/h7-8,15-16,21-24,29H,1-6,9-14,17-19H2,(H,30,33)/t23?,24-/m0/s1. The van der Waals surface area contributed by atoms with Crippen LogP contribution in [0.25, 0.3) is 0 Å². The summed E-state index contributed by atoms with van der Waals surface area (Å²) < 4.78 is 27.3. The van der Waals surface area contributed by atoms with Gasteiger partial charge in [0.2, 0.25) is 5.91 Å². The van der Waals surface area contributed by atoms with Crippen molar-refractivity contribution in [3.8, 4) is 0 Å². The van der Waals surface area contributed by atoms with Crippen LogP contribution in [0, 0.1) is 11.8 Å². The van der Waals surface area contributed by atoms with Gasteiger partial charge in [0.15, 0.2) is 10.8 Å². The number of sulfonamides is 1. The summed E-state index contributed by atoms with van der Waals surface area (Å²) in [5.41, 5.74) is 0.659. The Hall–Kier alpha value is -2.26. The average Bonchev–Trinajstić information content (AvgIpc) is 3.36. The molecule has 2 N–H and O–H groups in total. The molecule has 4 rings (SSSR count). The molecule has 0 bridgehead atoms. The van der Waals surface area contributed by atoms with Crippen LogP contribution < -0.4 is 10.6 Å². The summed E-state index contributed by atoms with van der Waals surface area (Å²) in [6.45, 7) is 4.32. The monoisotopic (exact) mass is 516 g/mol. The summed E-state index contributed by atoms with van der Waals surface area (Å²) in [6, 6.07) is 3.97. The van der Waals surface area contributed by atoms with Crippen molar-refractivity contribution in [2.75, 3.05) is 13.1 Å². The third kappa shape index (κ3) is 6.73. The van der Waals surface area contributed by atoms with Gasteiger partial charge in [-0.15, -0.1) is 0 Å². The van der Waals surface area contributed by atoms with Gasteiger partial charge in [0.1, 0.15) is 0 Å². The number of rotatable bonds is 9. The third-order valence-corrected chi connectivity index (χ3v) is 9.74. The first kappa shape index (κ1) is 26.8. The van der Waals surface area contributed by atoms with Crippen molar-refractivity contribution >= 4 is 21.7 Å². The lowest BCUT2D eigenvalue weighted by Crippen LogP contribution is -2.48. The van der Waals surface area contributed by atoms with E-state index < -0.39 is 16.1 Å². The van der Waals surface area contributed by atoms with Crippen molar-refractivity contribution in [1.29, 1.82) is 0 Å². The van der Waals surface area contributed by atoms with Crippen LogP contribution in [0.15, 0.2) is 41.7 Å². The second kappa shape index (κ2) is 12.3. The summed E-state index contributed by atoms with van der Waals surface area (Å²) in [6.07, 6.45) is 13.4. The van der Waals surface area contributed by atoms with Crippen LogP contribution in [0.5, 0.6) is 0 Å². The summed E-state index contributed by atoms with van der Waals surface area (Å²) >= 11 is 0. The quantitative estimate of drug-likeness (QED) is 0.520. The molecular formula is C27H40N4O4S. The Balaban J connectivity index is 1.41. The fourth-order valence-corrected chi connectivity index (χ4v) is 7.21. The van der Waals surface area contributed by atoms with E-state index in [1.54, 1.807) is 12.1 Å². The Labute approximate surface area is 215 Å². The SMILES string of the molecule is C=C(NC1CCCN(S(=O)(=O)c2ccccn2)CC1=O)[C@H](CC1CCCCC1)NC(=O)C1CCCC1. The topological polar surface area (TPSA) is 108 Å². The maximum Gasteiger partial charge on any atom is 0.260 e. The third-order valence-electron chi connectivity index (χ3n) is 7.98. The van der Waals surface area contributed by atoms with Gasteiger partial charge in [-0.05, 0) is 50.2 Å². The first-order valence-corrected chi connectivity index (χ1v) is 15.0. The summed E-state index contributed by atoms with van der Waals surface area (Å²) in [4.78, 5) is 30.1. The first-order chi connectivity index (χ1) is 17.3. The fraction of sp³-hybridized carbons (Fsp3) is 0.667. The largest absolute Gasteiger partial charge is 0.377 e. The number of carbonyl (C=O) groups is 2. The van der Waals surface area contributed by atoms with Gasteiger partial charge in [-0.25, -0.2) is 13.4 Å². The zero-order valence-electron chi connectivity index (χ0n) is 21.2. The number of ketones is 1. The van der Waals surface area contributed by atoms with Gasteiger partial charge in [0.05, 0.1) is 18.6 Å². The number of aromatic nitrogens is 1. The summed E-state index contributed by atoms with van der Waals surface area (Å²) in [7, 11) is -3.84. The van der Waals surface area contributed by atoms with E-state index in [0.717, 1.165) is 44.9 Å². The molecule has 3 fully saturated rings. The minimum atomic E-state index is -3.84. The highest BCUT2D eigenvalue weighted by Crippen LogP contribution is 2.30. The van der Waals surface area contributed by atoms with E-state index in [2.05, 4.69) is 22.2 Å². The number of pyridine rings is 1. The number of amides is 1. The molecule has 0 aromatic carbocycles. The maximum absolute atomic E-state index is 13.2. The predicted molar refractivity (Wildman–Crippen MR) is 138 cm³/mol. The zero-order valence-corrected chi connectivity index (χ0v) is 22.0. The average molecular weight is 517 g/mol. The minimum absolute atomic E-state index is 0.0456. The molecule has 2 aliphatic carbocycles. The minimum Gasteiger partial charge on any atom is -0.377 e. The van der Waals surface area contributed by atoms with Crippen LogP contribution in [0.4, 0.5) is 0 Å². The van der Waals surface area contributed by atoms with Gasteiger partial charge >= 0.3 is 0 Å². The highest BCUT2D eigenvalue weighted by Gasteiger charge is 2.34. The summed E-state index contributed by atoms with van der Waals surface area (Å²) in [5.74, 6) is 0.509. The van der Waals surface area contributed by atoms with Gasteiger partial charge in [-0.2, -0.15) is 4.31 Å². The highest BCUT2D eigenvalue weighted by molar-refractivity contribution is 7.89. The van der Waals surface area contributed by atoms with E-state index in [0.29, 0.717) is 24.5 Å². The first-order valence-electron chi connectivity index (χ1n) is 13.5. The molecule has 2 heterocycles. The van der Waals surface area contributed by atoms with E-state index in [1.165, 1.54) is 35.8 Å². The van der Waals surface area contributed by atoms with Gasteiger partial charge in [0, 0.05) is 24.4 Å². The Morgan fingerprint density at radius 2 is 1.78 bits per heavy atom. The van der Waals surface area contributed by atoms with Gasteiger partial charge < -0.3 is 10.6 Å². The van der Waals surface area contributed by atoms with Crippen LogP contribution >= 0.6 is 0 Å². The van der Waals surface area contributed by atoms with Crippen molar-refractivity contribution in [1.82, 2.24) is 19.9 Å². The fourth-order valence-electron chi connectivity index (χ4n) is 5.83. The number of hydrogen-bond donors (Lipinski definition) is 2. The second-order valence-corrected chi connectivity index (χ2v) is 12.5. The van der Waals surface area contributed by atoms with Crippen LogP contribution in [-0.2, 0) is 19.6 Å². The van der Waals surface area contributed by atoms with Crippen molar-refractivity contribution < 1.29 is 18.0 Å². The van der Waals surface area contributed by atoms with Gasteiger partial charge in [-0.3, -0.25) is 9.59 Å². The van der Waals surface area contributed by atoms with Gasteiger partial charge in [0.25, 0.3) is 10.0 Å². The van der Waals surface area contributed by atoms with Crippen molar-refractivity contribution in [2.24, 2.45) is 11.8 Å². The Morgan fingerprint density at radius 1 is 1.06 bits per heavy atom. The summed E-state index contributed by atoms with van der Waals surface area (Å²) in [5, 5.41) is 6.52. The lowest BCUT2D eigenvalue weighted by Gasteiger charge is -2.31. The number of carbonyl (C=O) groups excluding carboxylic acids is 2. The molecule has 0 radical (unpaired) electrons. The molecule has 1 unspecified atom stereocenters. The molecule has 8 nitrogen and oxygen atoms in total. The van der Waals surface area contributed by atoms with E-state index in [9.17, 15) is 18.0 Å². The molecule has 3 aliphatic rings. The molecule has 9 heteroatoms. The number of Topliss-reactive ketones (excluding diaryl/α,β-unsaturated/α-hetero) is 1. The Morgan fingerprint density at radius 3 is 2.47 bits per heavy atom. The number of hydrogen-bond acceptors (Lipinski definition) is 6. The zero-order chi connectivity index (χ0) is 25.5. The Kier molecular flexibility index (Phi) is 9.17. The van der Waals surface area contributed by atoms with Crippen molar-refractivity contribution in [3.63, 3.8) is 0 Å². The lowest BCUT2D eigenvalue weighted by atomic mass is 9.84. The molecule has 1 aromatic rings. The van der Waals surface area contributed by atoms with Crippen LogP contribution in [0.2, 0.25) is 0 Å². The van der Waals surface area contributed by atoms with E-state index >= 15 is 0 Å². The Bertz CT molecular complexity index is 1020. The molecule has 1 aliphatic heterocycles. The normalized spacial score (nSPS) is 23.7. The predicted octanol–water partition coefficient (Wildman–Crippen LogP) is 3.55. The molecule has 2 saturated carbocycles. The molecule has 1 amide bonds. The van der Waals surface area contributed by atoms with Crippen LogP contribution in [-0.4, -0.2) is 54.6 Å². The van der Waals surface area contributed by atoms with Crippen LogP contribution in [0.1, 0.15) is 77.0 Å². The molecule has 198 valence electrons. The lowest BCUT2D eigenvalue weighted by molar-refractivity contribution is -0.125. The second-order valence-electron chi connectivity index (χ2n) is 10.6. The van der Waals surface area contributed by atoms with Crippen LogP contribution in [0.3, 0.4) is 0 Å². The van der Waals surface area contributed by atoms with Gasteiger partial charge in [-0.1, -0.05) is 57.6 Å².